The van der Waals surface area contributed by atoms with E-state index < -0.39 is 36.1 Å². The third kappa shape index (κ3) is 7.74. The maximum Gasteiger partial charge on any atom is 0.347 e. The van der Waals surface area contributed by atoms with Crippen molar-refractivity contribution >= 4 is 24.5 Å². The van der Waals surface area contributed by atoms with E-state index in [-0.39, 0.29) is 25.5 Å². The first-order valence-electron chi connectivity index (χ1n) is 11.2. The number of unbranched alkanes of at least 4 members (excludes halogenated alkanes) is 2. The first-order chi connectivity index (χ1) is 15.2. The summed E-state index contributed by atoms with van der Waals surface area (Å²) in [6, 6.07) is 9.09. The number of aliphatic hydroxyl groups excluding tert-OH is 1. The molecule has 32 heavy (non-hydrogen) atoms. The number of thiol groups is 1. The third-order valence-electron chi connectivity index (χ3n) is 5.55. The van der Waals surface area contributed by atoms with Crippen LogP contribution in [0.25, 0.3) is 0 Å². The highest BCUT2D eigenvalue weighted by Gasteiger charge is 2.52. The summed E-state index contributed by atoms with van der Waals surface area (Å²) in [6.07, 6.45) is 2.56. The highest BCUT2D eigenvalue weighted by Crippen LogP contribution is 2.28. The molecule has 9 heteroatoms. The minimum absolute atomic E-state index is 0.0469. The number of rotatable bonds is 16. The molecule has 182 valence electrons. The van der Waals surface area contributed by atoms with Gasteiger partial charge < -0.3 is 15.9 Å². The molecule has 0 aliphatic carbocycles. The molecule has 5 N–H and O–H groups in total. The zero-order chi connectivity index (χ0) is 24.1. The molecule has 0 fully saturated rings. The molecule has 0 aliphatic heterocycles. The van der Waals surface area contributed by atoms with Crippen molar-refractivity contribution in [2.45, 2.75) is 64.1 Å². The van der Waals surface area contributed by atoms with Gasteiger partial charge in [0.25, 0.3) is 0 Å². The van der Waals surface area contributed by atoms with E-state index in [1.54, 1.807) is 6.92 Å². The zero-order valence-electron chi connectivity index (χ0n) is 19.4. The molecule has 0 aromatic heterocycles. The van der Waals surface area contributed by atoms with Crippen molar-refractivity contribution in [1.82, 2.24) is 10.4 Å². The third-order valence-corrected chi connectivity index (χ3v) is 6.01. The zero-order valence-corrected chi connectivity index (χ0v) is 20.3. The molecule has 0 spiro atoms. The molecule has 0 saturated carbocycles. The number of carbonyl (C=O) groups excluding carboxylic acids is 1. The van der Waals surface area contributed by atoms with Crippen LogP contribution in [0.15, 0.2) is 30.3 Å². The van der Waals surface area contributed by atoms with Crippen LogP contribution in [0.3, 0.4) is 0 Å². The Balaban J connectivity index is 3.29. The molecule has 0 saturated heterocycles. The second-order valence-corrected chi connectivity index (χ2v) is 8.59. The number of amides is 1. The summed E-state index contributed by atoms with van der Waals surface area (Å²) >= 11 is 4.16. The highest BCUT2D eigenvalue weighted by molar-refractivity contribution is 7.80. The lowest BCUT2D eigenvalue weighted by molar-refractivity contribution is -0.246. The molecule has 4 atom stereocenters. The Kier molecular flexibility index (Phi) is 12.9. The smallest absolute Gasteiger partial charge is 0.347 e. The monoisotopic (exact) mass is 469 g/mol. The van der Waals surface area contributed by atoms with Crippen molar-refractivity contribution in [3.05, 3.63) is 35.9 Å². The molecule has 0 heterocycles. The van der Waals surface area contributed by atoms with Gasteiger partial charge in [-0.05, 0) is 17.9 Å². The van der Waals surface area contributed by atoms with Gasteiger partial charge in [0.05, 0.1) is 6.61 Å². The van der Waals surface area contributed by atoms with Gasteiger partial charge in [0.1, 0.15) is 0 Å². The van der Waals surface area contributed by atoms with E-state index in [4.69, 9.17) is 10.6 Å². The average molecular weight is 470 g/mol. The maximum atomic E-state index is 13.4. The Bertz CT molecular complexity index is 693. The van der Waals surface area contributed by atoms with E-state index in [1.807, 2.05) is 44.2 Å². The van der Waals surface area contributed by atoms with Crippen molar-refractivity contribution in [1.29, 1.82) is 0 Å². The second-order valence-electron chi connectivity index (χ2n) is 8.22. The summed E-state index contributed by atoms with van der Waals surface area (Å²) in [6.45, 7) is 5.31. The predicted molar refractivity (Wildman–Crippen MR) is 128 cm³/mol. The largest absolute Gasteiger partial charge is 0.478 e. The van der Waals surface area contributed by atoms with Gasteiger partial charge in [0.2, 0.25) is 11.6 Å². The fraction of sp³-hybridized carbons (Fsp3) is 0.652. The maximum absolute atomic E-state index is 13.4. The van der Waals surface area contributed by atoms with Crippen LogP contribution < -0.4 is 11.1 Å². The van der Waals surface area contributed by atoms with Gasteiger partial charge in [0, 0.05) is 37.3 Å². The molecule has 1 amide bonds. The van der Waals surface area contributed by atoms with Crippen molar-refractivity contribution in [3.8, 4) is 0 Å². The number of nitrogens with zero attached hydrogens (tertiary/aromatic N) is 1. The first-order valence-corrected chi connectivity index (χ1v) is 11.8. The highest BCUT2D eigenvalue weighted by atomic mass is 32.1. The summed E-state index contributed by atoms with van der Waals surface area (Å²) in [5.41, 5.74) is 4.94. The van der Waals surface area contributed by atoms with Crippen molar-refractivity contribution in [2.75, 3.05) is 25.5 Å². The van der Waals surface area contributed by atoms with Crippen LogP contribution in [0, 0.1) is 5.92 Å². The number of aliphatic carboxylic acids is 1. The standard InChI is InChI=1S/C23H39N3O5S/c1-4-5-9-12-31-26(21(28)13-17(2)19-10-7-6-8-11-19)23(22(29)30,18(3)15-27)25-14-20(24)16-32/h6-8,10-11,17-18,20,25,27,32H,4-5,9,12-16,24H2,1-3H3,(H,29,30)/t17-,18?,20?,23-/m0/s1. The Morgan fingerprint density at radius 1 is 1.25 bits per heavy atom. The van der Waals surface area contributed by atoms with Crippen LogP contribution in [0.1, 0.15) is 57.9 Å². The molecule has 1 aromatic carbocycles. The molecular formula is C23H39N3O5S. The van der Waals surface area contributed by atoms with Crippen molar-refractivity contribution < 1.29 is 24.6 Å². The number of aliphatic hydroxyl groups is 1. The number of nitrogens with two attached hydrogens (primary N) is 1. The minimum atomic E-state index is -1.98. The fourth-order valence-electron chi connectivity index (χ4n) is 3.43. The number of nitrogens with one attached hydrogen (secondary N) is 1. The SMILES string of the molecule is CCCCCON(C(=O)C[C@H](C)c1ccccc1)[C@](NCC(N)CS)(C(=O)O)C(C)CO. The minimum Gasteiger partial charge on any atom is -0.478 e. The van der Waals surface area contributed by atoms with Gasteiger partial charge in [-0.2, -0.15) is 17.7 Å². The topological polar surface area (TPSA) is 125 Å². The van der Waals surface area contributed by atoms with E-state index in [9.17, 15) is 19.8 Å². The Morgan fingerprint density at radius 3 is 2.44 bits per heavy atom. The number of benzene rings is 1. The van der Waals surface area contributed by atoms with Crippen LogP contribution >= 0.6 is 12.6 Å². The van der Waals surface area contributed by atoms with Gasteiger partial charge in [-0.1, -0.05) is 63.9 Å². The number of hydrogen-bond donors (Lipinski definition) is 5. The summed E-state index contributed by atoms with van der Waals surface area (Å²) < 4.78 is 0. The van der Waals surface area contributed by atoms with Gasteiger partial charge in [-0.3, -0.25) is 14.9 Å². The number of hydrogen-bond acceptors (Lipinski definition) is 7. The van der Waals surface area contributed by atoms with Crippen LogP contribution in [0.5, 0.6) is 0 Å². The van der Waals surface area contributed by atoms with Crippen LogP contribution in [0.2, 0.25) is 0 Å². The van der Waals surface area contributed by atoms with Gasteiger partial charge in [-0.25, -0.2) is 4.79 Å². The summed E-state index contributed by atoms with van der Waals surface area (Å²) in [5, 5.41) is 24.0. The number of carbonyl (C=O) groups is 2. The first kappa shape index (κ1) is 28.4. The van der Waals surface area contributed by atoms with E-state index in [0.29, 0.717) is 12.2 Å². The molecular weight excluding hydrogens is 430 g/mol. The Morgan fingerprint density at radius 2 is 1.91 bits per heavy atom. The van der Waals surface area contributed by atoms with Gasteiger partial charge >= 0.3 is 5.97 Å². The lowest BCUT2D eigenvalue weighted by Crippen LogP contribution is -2.71. The lowest BCUT2D eigenvalue weighted by atomic mass is 9.91. The van der Waals surface area contributed by atoms with E-state index in [0.717, 1.165) is 23.5 Å². The Hall–Kier alpha value is -1.65. The van der Waals surface area contributed by atoms with Crippen molar-refractivity contribution in [2.24, 2.45) is 11.7 Å². The molecule has 1 rings (SSSR count). The van der Waals surface area contributed by atoms with E-state index in [2.05, 4.69) is 17.9 Å². The Labute approximate surface area is 196 Å². The predicted octanol–water partition coefficient (Wildman–Crippen LogP) is 2.39. The lowest BCUT2D eigenvalue weighted by Gasteiger charge is -2.44. The van der Waals surface area contributed by atoms with Gasteiger partial charge in [-0.15, -0.1) is 0 Å². The molecule has 1 aromatic rings. The summed E-state index contributed by atoms with van der Waals surface area (Å²) in [5.74, 6) is -2.49. The van der Waals surface area contributed by atoms with Gasteiger partial charge in [0.15, 0.2) is 0 Å². The van der Waals surface area contributed by atoms with Crippen LogP contribution in [-0.4, -0.2) is 64.4 Å². The normalized spacial score (nSPS) is 16.1. The average Bonchev–Trinajstić information content (AvgIpc) is 2.80. The molecule has 0 radical (unpaired) electrons. The fourth-order valence-corrected chi connectivity index (χ4v) is 3.55. The molecule has 0 aliphatic rings. The van der Waals surface area contributed by atoms with Crippen LogP contribution in [0.4, 0.5) is 0 Å². The quantitative estimate of drug-likeness (QED) is 0.109. The molecule has 8 nitrogen and oxygen atoms in total. The van der Waals surface area contributed by atoms with E-state index >= 15 is 0 Å². The summed E-state index contributed by atoms with van der Waals surface area (Å²) in [4.78, 5) is 31.9. The number of hydroxylamine groups is 2. The van der Waals surface area contributed by atoms with E-state index in [1.165, 1.54) is 0 Å². The molecule has 2 unspecified atom stereocenters. The number of carboxylic acid groups (broad SMARTS) is 1. The second kappa shape index (κ2) is 14.5. The van der Waals surface area contributed by atoms with Crippen molar-refractivity contribution in [3.63, 3.8) is 0 Å². The number of carboxylic acids is 1. The summed E-state index contributed by atoms with van der Waals surface area (Å²) in [7, 11) is 0. The van der Waals surface area contributed by atoms with Crippen LogP contribution in [-0.2, 0) is 14.4 Å². The molecule has 0 bridgehead atoms.